The molecule has 1 nitrogen and oxygen atoms in total. The highest BCUT2D eigenvalue weighted by atomic mass is 127. The Bertz CT molecular complexity index is 543. The largest absolute Gasteiger partial charge is 0.320 e. The molecule has 0 aromatic heterocycles. The Morgan fingerprint density at radius 2 is 1.76 bits per heavy atom. The average molecular weight is 378 g/mol. The lowest BCUT2D eigenvalue weighted by Crippen LogP contribution is -2.12. The SMILES string of the molecule is NC(c1cccc(I)c1)c1cccc(Cl)c1Cl. The van der Waals surface area contributed by atoms with E-state index in [1.165, 1.54) is 0 Å². The highest BCUT2D eigenvalue weighted by Gasteiger charge is 2.14. The number of hydrogen-bond acceptors (Lipinski definition) is 1. The van der Waals surface area contributed by atoms with Gasteiger partial charge >= 0.3 is 0 Å². The Kier molecular flexibility index (Phi) is 4.31. The van der Waals surface area contributed by atoms with Gasteiger partial charge in [0.05, 0.1) is 16.1 Å². The molecule has 0 bridgehead atoms. The second-order valence-corrected chi connectivity index (χ2v) is 5.71. The van der Waals surface area contributed by atoms with Crippen molar-refractivity contribution < 1.29 is 0 Å². The Labute approximate surface area is 124 Å². The fraction of sp³-hybridized carbons (Fsp3) is 0.0769. The van der Waals surface area contributed by atoms with Gasteiger partial charge in [-0.25, -0.2) is 0 Å². The Hall–Kier alpha value is -0.290. The number of halogens is 3. The summed E-state index contributed by atoms with van der Waals surface area (Å²) >= 11 is 14.4. The molecule has 4 heteroatoms. The van der Waals surface area contributed by atoms with Crippen molar-refractivity contribution in [1.29, 1.82) is 0 Å². The van der Waals surface area contributed by atoms with E-state index in [1.807, 2.05) is 36.4 Å². The van der Waals surface area contributed by atoms with Crippen molar-refractivity contribution in [2.24, 2.45) is 5.73 Å². The van der Waals surface area contributed by atoms with Crippen LogP contribution in [0, 0.1) is 3.57 Å². The summed E-state index contributed by atoms with van der Waals surface area (Å²) in [6.45, 7) is 0. The Morgan fingerprint density at radius 1 is 1.06 bits per heavy atom. The van der Waals surface area contributed by atoms with Gasteiger partial charge in [-0.05, 0) is 51.9 Å². The van der Waals surface area contributed by atoms with Crippen molar-refractivity contribution in [2.75, 3.05) is 0 Å². The first kappa shape index (κ1) is 13.1. The molecule has 0 fully saturated rings. The second-order valence-electron chi connectivity index (χ2n) is 3.68. The van der Waals surface area contributed by atoms with Crippen LogP contribution in [0.5, 0.6) is 0 Å². The van der Waals surface area contributed by atoms with E-state index in [0.717, 1.165) is 14.7 Å². The molecule has 0 saturated heterocycles. The lowest BCUT2D eigenvalue weighted by atomic mass is 10.00. The Morgan fingerprint density at radius 3 is 2.47 bits per heavy atom. The number of hydrogen-bond donors (Lipinski definition) is 1. The fourth-order valence-corrected chi connectivity index (χ4v) is 2.63. The minimum Gasteiger partial charge on any atom is -0.320 e. The predicted octanol–water partition coefficient (Wildman–Crippen LogP) is 4.65. The molecular formula is C13H10Cl2IN. The molecule has 0 amide bonds. The van der Waals surface area contributed by atoms with Gasteiger partial charge in [0.25, 0.3) is 0 Å². The first-order chi connectivity index (χ1) is 8.09. The first-order valence-electron chi connectivity index (χ1n) is 5.04. The van der Waals surface area contributed by atoms with Gasteiger partial charge in [-0.2, -0.15) is 0 Å². The van der Waals surface area contributed by atoms with E-state index in [9.17, 15) is 0 Å². The van der Waals surface area contributed by atoms with E-state index in [4.69, 9.17) is 28.9 Å². The van der Waals surface area contributed by atoms with Crippen LogP contribution in [-0.2, 0) is 0 Å². The van der Waals surface area contributed by atoms with E-state index in [2.05, 4.69) is 22.6 Å². The van der Waals surface area contributed by atoms with E-state index in [0.29, 0.717) is 10.0 Å². The fourth-order valence-electron chi connectivity index (χ4n) is 1.64. The molecule has 0 radical (unpaired) electrons. The van der Waals surface area contributed by atoms with Crippen molar-refractivity contribution in [1.82, 2.24) is 0 Å². The molecule has 0 spiro atoms. The summed E-state index contributed by atoms with van der Waals surface area (Å²) < 4.78 is 1.15. The van der Waals surface area contributed by atoms with Crippen LogP contribution in [-0.4, -0.2) is 0 Å². The van der Waals surface area contributed by atoms with E-state index < -0.39 is 0 Å². The van der Waals surface area contributed by atoms with E-state index >= 15 is 0 Å². The molecule has 0 aliphatic rings. The van der Waals surface area contributed by atoms with Crippen LogP contribution in [0.1, 0.15) is 17.2 Å². The average Bonchev–Trinajstić information content (AvgIpc) is 2.32. The van der Waals surface area contributed by atoms with Gasteiger partial charge in [0.1, 0.15) is 0 Å². The summed E-state index contributed by atoms with van der Waals surface area (Å²) in [5, 5.41) is 1.06. The zero-order chi connectivity index (χ0) is 12.4. The molecule has 0 heterocycles. The van der Waals surface area contributed by atoms with Crippen LogP contribution >= 0.6 is 45.8 Å². The molecule has 0 aliphatic carbocycles. The zero-order valence-corrected chi connectivity index (χ0v) is 12.5. The van der Waals surface area contributed by atoms with E-state index in [1.54, 1.807) is 6.07 Å². The van der Waals surface area contributed by atoms with Crippen molar-refractivity contribution in [3.8, 4) is 0 Å². The monoisotopic (exact) mass is 377 g/mol. The van der Waals surface area contributed by atoms with Crippen molar-refractivity contribution in [2.45, 2.75) is 6.04 Å². The summed E-state index contributed by atoms with van der Waals surface area (Å²) in [7, 11) is 0. The third-order valence-corrected chi connectivity index (χ3v) is 4.03. The topological polar surface area (TPSA) is 26.0 Å². The maximum absolute atomic E-state index is 6.21. The van der Waals surface area contributed by atoms with Gasteiger partial charge in [-0.3, -0.25) is 0 Å². The molecule has 88 valence electrons. The maximum Gasteiger partial charge on any atom is 0.0643 e. The molecule has 1 atom stereocenters. The molecule has 2 N–H and O–H groups in total. The molecule has 0 aliphatic heterocycles. The van der Waals surface area contributed by atoms with Crippen molar-refractivity contribution >= 4 is 45.8 Å². The number of rotatable bonds is 2. The quantitative estimate of drug-likeness (QED) is 0.757. The molecule has 1 unspecified atom stereocenters. The van der Waals surface area contributed by atoms with Gasteiger partial charge in [0, 0.05) is 3.57 Å². The van der Waals surface area contributed by atoms with Crippen LogP contribution in [0.2, 0.25) is 10.0 Å². The summed E-state index contributed by atoms with van der Waals surface area (Å²) in [4.78, 5) is 0. The van der Waals surface area contributed by atoms with Gasteiger partial charge in [-0.15, -0.1) is 0 Å². The van der Waals surface area contributed by atoms with Crippen LogP contribution in [0.25, 0.3) is 0 Å². The van der Waals surface area contributed by atoms with Crippen LogP contribution in [0.3, 0.4) is 0 Å². The summed E-state index contributed by atoms with van der Waals surface area (Å²) in [5.41, 5.74) is 8.09. The van der Waals surface area contributed by atoms with E-state index in [-0.39, 0.29) is 6.04 Å². The second kappa shape index (κ2) is 5.57. The maximum atomic E-state index is 6.21. The molecule has 17 heavy (non-hydrogen) atoms. The summed E-state index contributed by atoms with van der Waals surface area (Å²) in [6.07, 6.45) is 0. The van der Waals surface area contributed by atoms with Crippen LogP contribution in [0.4, 0.5) is 0 Å². The number of benzene rings is 2. The summed E-state index contributed by atoms with van der Waals surface area (Å²) in [6, 6.07) is 13.3. The van der Waals surface area contributed by atoms with Gasteiger partial charge in [-0.1, -0.05) is 47.5 Å². The smallest absolute Gasteiger partial charge is 0.0643 e. The normalized spacial score (nSPS) is 12.5. The Balaban J connectivity index is 2.44. The number of nitrogens with two attached hydrogens (primary N) is 1. The zero-order valence-electron chi connectivity index (χ0n) is 8.83. The third-order valence-electron chi connectivity index (χ3n) is 2.52. The van der Waals surface area contributed by atoms with Gasteiger partial charge in [0.15, 0.2) is 0 Å². The van der Waals surface area contributed by atoms with Crippen LogP contribution < -0.4 is 5.73 Å². The van der Waals surface area contributed by atoms with Crippen molar-refractivity contribution in [3.63, 3.8) is 0 Å². The highest BCUT2D eigenvalue weighted by Crippen LogP contribution is 2.32. The molecule has 2 aromatic rings. The third kappa shape index (κ3) is 2.94. The first-order valence-corrected chi connectivity index (χ1v) is 6.88. The van der Waals surface area contributed by atoms with Crippen molar-refractivity contribution in [3.05, 3.63) is 67.2 Å². The standard InChI is InChI=1S/C13H10Cl2IN/c14-11-6-2-5-10(12(11)15)13(17)8-3-1-4-9(16)7-8/h1-7,13H,17H2. The molecule has 0 saturated carbocycles. The highest BCUT2D eigenvalue weighted by molar-refractivity contribution is 14.1. The summed E-state index contributed by atoms with van der Waals surface area (Å²) in [5.74, 6) is 0. The molecular weight excluding hydrogens is 368 g/mol. The minimum absolute atomic E-state index is 0.254. The lowest BCUT2D eigenvalue weighted by Gasteiger charge is -2.15. The predicted molar refractivity (Wildman–Crippen MR) is 81.7 cm³/mol. The van der Waals surface area contributed by atoms with Gasteiger partial charge < -0.3 is 5.73 Å². The molecule has 2 rings (SSSR count). The minimum atomic E-state index is -0.254. The lowest BCUT2D eigenvalue weighted by molar-refractivity contribution is 0.871. The van der Waals surface area contributed by atoms with Crippen LogP contribution in [0.15, 0.2) is 42.5 Å². The van der Waals surface area contributed by atoms with Gasteiger partial charge in [0.2, 0.25) is 0 Å². The molecule has 2 aromatic carbocycles.